The Morgan fingerprint density at radius 2 is 2.00 bits per heavy atom. The van der Waals surface area contributed by atoms with Crippen molar-refractivity contribution in [2.75, 3.05) is 38.7 Å². The van der Waals surface area contributed by atoms with E-state index < -0.39 is 0 Å². The van der Waals surface area contributed by atoms with Gasteiger partial charge in [0.05, 0.1) is 6.10 Å². The molecule has 0 radical (unpaired) electrons. The van der Waals surface area contributed by atoms with Gasteiger partial charge in [-0.2, -0.15) is 0 Å². The molecule has 1 unspecified atom stereocenters. The third-order valence-corrected chi connectivity index (χ3v) is 6.65. The van der Waals surface area contributed by atoms with Gasteiger partial charge in [0.2, 0.25) is 0 Å². The first kappa shape index (κ1) is 29.2. The van der Waals surface area contributed by atoms with Gasteiger partial charge in [0.1, 0.15) is 5.82 Å². The number of aromatic nitrogens is 2. The van der Waals surface area contributed by atoms with Crippen LogP contribution in [0.15, 0.2) is 30.5 Å². The number of aliphatic hydroxyl groups is 1. The Morgan fingerprint density at radius 1 is 1.15 bits per heavy atom. The monoisotopic (exact) mass is 694 g/mol. The number of aryl methyl sites for hydroxylation is 2. The summed E-state index contributed by atoms with van der Waals surface area (Å²) in [7, 11) is 1.00. The average Bonchev–Trinajstić information content (AvgIpc) is 3.60. The van der Waals surface area contributed by atoms with Crippen molar-refractivity contribution < 1.29 is 46.4 Å². The third kappa shape index (κ3) is 8.29. The number of fused-ring (bicyclic) bond motifs is 1. The normalized spacial score (nSPS) is 19.1. The van der Waals surface area contributed by atoms with Crippen LogP contribution in [0.2, 0.25) is 0 Å². The van der Waals surface area contributed by atoms with E-state index in [9.17, 15) is 0 Å². The van der Waals surface area contributed by atoms with Crippen molar-refractivity contribution in [1.29, 1.82) is 0 Å². The summed E-state index contributed by atoms with van der Waals surface area (Å²) in [4.78, 5) is 12.0. The minimum Gasteiger partial charge on any atom is -0.412 e. The standard InChI is InChI=1S/C25H34N4O.CH4O.H2O.U/c1(7-22-11-10-20-5-3-14-27-25(20)28-22)2-16-30-23-12-15-29(18-23)17-21-6-4-13-26-24(21)19-8-9-19;1-2;;/h4,6,10-11,13,19,23H,1-3,5,7-9,12,14-18H2,(H,27,28);2H,1H3;1H2;. The number of nitrogens with zero attached hydrogens (tertiary/aromatic N) is 3. The average molecular weight is 695 g/mol. The molecule has 0 amide bonds. The van der Waals surface area contributed by atoms with Crippen molar-refractivity contribution in [1.82, 2.24) is 14.9 Å². The molecule has 0 spiro atoms. The molecule has 4 N–H and O–H groups in total. The van der Waals surface area contributed by atoms with Crippen molar-refractivity contribution in [3.8, 4) is 0 Å². The van der Waals surface area contributed by atoms with Crippen LogP contribution in [0.1, 0.15) is 67.0 Å². The quantitative estimate of drug-likeness (QED) is 0.392. The van der Waals surface area contributed by atoms with Crippen LogP contribution in [-0.4, -0.2) is 64.9 Å². The van der Waals surface area contributed by atoms with Crippen LogP contribution < -0.4 is 5.32 Å². The summed E-state index contributed by atoms with van der Waals surface area (Å²) in [6.07, 6.45) is 11.8. The topological polar surface area (TPSA) is 102 Å². The van der Waals surface area contributed by atoms with Gasteiger partial charge in [-0.1, -0.05) is 12.1 Å². The number of hydrogen-bond donors (Lipinski definition) is 2. The molecule has 1 saturated heterocycles. The summed E-state index contributed by atoms with van der Waals surface area (Å²) in [5, 5.41) is 10.4. The van der Waals surface area contributed by atoms with Gasteiger partial charge in [0.15, 0.2) is 0 Å². The van der Waals surface area contributed by atoms with E-state index in [-0.39, 0.29) is 36.6 Å². The summed E-state index contributed by atoms with van der Waals surface area (Å²) in [6.45, 7) is 5.13. The Labute approximate surface area is 227 Å². The van der Waals surface area contributed by atoms with Crippen molar-refractivity contribution in [3.05, 3.63) is 53.0 Å². The van der Waals surface area contributed by atoms with Crippen molar-refractivity contribution >= 4 is 5.82 Å². The molecule has 0 aromatic carbocycles. The zero-order chi connectivity index (χ0) is 22.2. The minimum atomic E-state index is 0. The summed E-state index contributed by atoms with van der Waals surface area (Å²) < 4.78 is 6.20. The molecule has 3 aliphatic rings. The van der Waals surface area contributed by atoms with Crippen LogP contribution in [0, 0.1) is 31.1 Å². The van der Waals surface area contributed by atoms with Gasteiger partial charge in [0, 0.05) is 94.5 Å². The molecule has 7 nitrogen and oxygen atoms in total. The molecular weight excluding hydrogens is 654 g/mol. The van der Waals surface area contributed by atoms with Crippen molar-refractivity contribution in [2.45, 2.75) is 69.9 Å². The van der Waals surface area contributed by atoms with Gasteiger partial charge in [-0.25, -0.2) is 4.98 Å². The molecule has 2 aliphatic heterocycles. The van der Waals surface area contributed by atoms with Crippen molar-refractivity contribution in [2.24, 2.45) is 0 Å². The summed E-state index contributed by atoms with van der Waals surface area (Å²) in [5.74, 6) is 1.83. The summed E-state index contributed by atoms with van der Waals surface area (Å²) in [5.41, 5.74) is 5.34. The Hall–Kier alpha value is -1.01. The van der Waals surface area contributed by atoms with Crippen LogP contribution in [0.3, 0.4) is 0 Å². The number of pyridine rings is 2. The Kier molecular flexibility index (Phi) is 13.0. The van der Waals surface area contributed by atoms with Crippen LogP contribution in [0.25, 0.3) is 0 Å². The smallest absolute Gasteiger partial charge is 0.129 e. The van der Waals surface area contributed by atoms with E-state index in [4.69, 9.17) is 14.8 Å². The SMILES string of the molecule is CO.O.[U].c1cnc(C2CC2)c(CN2CCC(OCCCCc3ccc4c(n3)NCCC4)C2)c1. The Balaban J connectivity index is 0.000000995. The molecule has 2 aromatic heterocycles. The molecule has 34 heavy (non-hydrogen) atoms. The van der Waals surface area contributed by atoms with E-state index >= 15 is 0 Å². The minimum absolute atomic E-state index is 0. The number of aliphatic hydroxyl groups excluding tert-OH is 1. The maximum Gasteiger partial charge on any atom is 0.129 e. The van der Waals surface area contributed by atoms with E-state index in [2.05, 4.69) is 39.5 Å². The largest absolute Gasteiger partial charge is 0.412 e. The fraction of sp³-hybridized carbons (Fsp3) is 0.615. The van der Waals surface area contributed by atoms with Crippen LogP contribution in [-0.2, 0) is 24.1 Å². The number of unbranched alkanes of at least 4 members (excludes halogenated alkanes) is 1. The summed E-state index contributed by atoms with van der Waals surface area (Å²) in [6, 6.07) is 8.80. The number of likely N-dealkylation sites (tertiary alicyclic amines) is 1. The maximum atomic E-state index is 7.00. The zero-order valence-corrected chi connectivity index (χ0v) is 24.6. The second-order valence-corrected chi connectivity index (χ2v) is 9.14. The van der Waals surface area contributed by atoms with E-state index in [1.54, 1.807) is 0 Å². The number of hydrogen-bond acceptors (Lipinski definition) is 6. The fourth-order valence-electron chi connectivity index (χ4n) is 4.79. The summed E-state index contributed by atoms with van der Waals surface area (Å²) >= 11 is 0. The second kappa shape index (κ2) is 15.2. The maximum absolute atomic E-state index is 7.00. The first-order valence-corrected chi connectivity index (χ1v) is 12.3. The third-order valence-electron chi connectivity index (χ3n) is 6.65. The zero-order valence-electron chi connectivity index (χ0n) is 20.4. The second-order valence-electron chi connectivity index (χ2n) is 9.14. The molecule has 5 rings (SSSR count). The number of anilines is 1. The Bertz CT molecular complexity index is 866. The van der Waals surface area contributed by atoms with Crippen molar-refractivity contribution in [3.63, 3.8) is 0 Å². The molecule has 186 valence electrons. The molecule has 2 fully saturated rings. The van der Waals surface area contributed by atoms with E-state index in [1.165, 1.54) is 41.8 Å². The van der Waals surface area contributed by atoms with E-state index in [0.29, 0.717) is 6.10 Å². The predicted molar refractivity (Wildman–Crippen MR) is 132 cm³/mol. The molecule has 8 heteroatoms. The van der Waals surface area contributed by atoms with Crippen LogP contribution >= 0.6 is 0 Å². The first-order valence-electron chi connectivity index (χ1n) is 12.3. The fourth-order valence-corrected chi connectivity index (χ4v) is 4.79. The molecule has 1 atom stereocenters. The molecular formula is C26H40N4O3U. The molecule has 1 saturated carbocycles. The van der Waals surface area contributed by atoms with Gasteiger partial charge in [0.25, 0.3) is 0 Å². The predicted octanol–water partition coefficient (Wildman–Crippen LogP) is 3.11. The molecule has 1 aliphatic carbocycles. The van der Waals surface area contributed by atoms with Gasteiger partial charge in [-0.05, 0) is 74.6 Å². The van der Waals surface area contributed by atoms with E-state index in [0.717, 1.165) is 83.7 Å². The van der Waals surface area contributed by atoms with Gasteiger partial charge < -0.3 is 20.6 Å². The van der Waals surface area contributed by atoms with E-state index in [1.807, 2.05) is 6.20 Å². The number of nitrogens with one attached hydrogen (secondary N) is 1. The van der Waals surface area contributed by atoms with Gasteiger partial charge >= 0.3 is 0 Å². The van der Waals surface area contributed by atoms with Crippen LogP contribution in [0.5, 0.6) is 0 Å². The molecule has 4 heterocycles. The Morgan fingerprint density at radius 3 is 2.82 bits per heavy atom. The van der Waals surface area contributed by atoms with Crippen LogP contribution in [0.4, 0.5) is 5.82 Å². The van der Waals surface area contributed by atoms with Gasteiger partial charge in [-0.3, -0.25) is 9.88 Å². The number of ether oxygens (including phenoxy) is 1. The number of rotatable bonds is 9. The molecule has 2 aromatic rings. The van der Waals surface area contributed by atoms with Gasteiger partial charge in [-0.15, -0.1) is 0 Å². The first-order chi connectivity index (χ1) is 15.8. The molecule has 0 bridgehead atoms.